The first-order valence-corrected chi connectivity index (χ1v) is 9.20. The molecule has 3 aromatic rings. The fraction of sp³-hybridized carbons (Fsp3) is 0.286. The number of aromatic nitrogens is 2. The Kier molecular flexibility index (Phi) is 5.93. The number of carbonyl (C=O) groups is 2. The van der Waals surface area contributed by atoms with Crippen molar-refractivity contribution in [2.24, 2.45) is 0 Å². The van der Waals surface area contributed by atoms with Gasteiger partial charge in [-0.25, -0.2) is 4.79 Å². The minimum atomic E-state index is -1.09. The van der Waals surface area contributed by atoms with Crippen LogP contribution in [0.5, 0.6) is 0 Å². The van der Waals surface area contributed by atoms with Crippen molar-refractivity contribution in [1.82, 2.24) is 15.1 Å². The largest absolute Gasteiger partial charge is 0.478 e. The van der Waals surface area contributed by atoms with Crippen LogP contribution < -0.4 is 0 Å². The monoisotopic (exact) mass is 381 g/mol. The number of aryl methyl sites for hydroxylation is 2. The van der Waals surface area contributed by atoms with Gasteiger partial charge in [0.2, 0.25) is 0 Å². The fourth-order valence-electron chi connectivity index (χ4n) is 3.02. The third-order valence-corrected chi connectivity index (χ3v) is 4.56. The Morgan fingerprint density at radius 2 is 1.96 bits per heavy atom. The number of carboxylic acid groups (broad SMARTS) is 1. The Morgan fingerprint density at radius 1 is 1.21 bits per heavy atom. The summed E-state index contributed by atoms with van der Waals surface area (Å²) >= 11 is 0. The van der Waals surface area contributed by atoms with Gasteiger partial charge in [-0.1, -0.05) is 37.3 Å². The zero-order valence-electron chi connectivity index (χ0n) is 15.9. The van der Waals surface area contributed by atoms with Crippen LogP contribution in [-0.4, -0.2) is 45.7 Å². The number of furan rings is 1. The second kappa shape index (κ2) is 8.56. The molecule has 2 heterocycles. The maximum atomic E-state index is 12.5. The smallest absolute Gasteiger partial charge is 0.339 e. The summed E-state index contributed by atoms with van der Waals surface area (Å²) in [6, 6.07) is 13.2. The first-order chi connectivity index (χ1) is 13.5. The molecule has 0 spiro atoms. The first-order valence-electron chi connectivity index (χ1n) is 9.20. The van der Waals surface area contributed by atoms with E-state index in [2.05, 4.69) is 10.2 Å². The van der Waals surface area contributed by atoms with E-state index in [-0.39, 0.29) is 17.2 Å². The Balaban J connectivity index is 1.56. The van der Waals surface area contributed by atoms with Gasteiger partial charge >= 0.3 is 5.97 Å². The van der Waals surface area contributed by atoms with Gasteiger partial charge in [-0.3, -0.25) is 9.89 Å². The molecular weight excluding hydrogens is 358 g/mol. The lowest BCUT2D eigenvalue weighted by atomic mass is 10.1. The number of aromatic carboxylic acids is 1. The van der Waals surface area contributed by atoms with E-state index >= 15 is 0 Å². The summed E-state index contributed by atoms with van der Waals surface area (Å²) in [4.78, 5) is 25.3. The van der Waals surface area contributed by atoms with Gasteiger partial charge in [0, 0.05) is 37.3 Å². The van der Waals surface area contributed by atoms with Gasteiger partial charge in [0.15, 0.2) is 5.76 Å². The third-order valence-electron chi connectivity index (χ3n) is 4.56. The maximum absolute atomic E-state index is 12.5. The normalized spacial score (nSPS) is 10.8. The molecule has 0 saturated carbocycles. The summed E-state index contributed by atoms with van der Waals surface area (Å²) in [6.07, 6.45) is 1.91. The molecule has 0 aliphatic rings. The number of carboxylic acids is 1. The van der Waals surface area contributed by atoms with Crippen molar-refractivity contribution in [2.45, 2.75) is 26.2 Å². The molecule has 0 bridgehead atoms. The fourth-order valence-corrected chi connectivity index (χ4v) is 3.02. The quantitative estimate of drug-likeness (QED) is 0.621. The van der Waals surface area contributed by atoms with E-state index in [0.717, 1.165) is 29.8 Å². The van der Waals surface area contributed by atoms with Crippen LogP contribution >= 0.6 is 0 Å². The van der Waals surface area contributed by atoms with Gasteiger partial charge in [0.25, 0.3) is 5.91 Å². The number of carbonyl (C=O) groups excluding carboxylic acids is 1. The number of nitrogens with zero attached hydrogens (tertiary/aromatic N) is 2. The van der Waals surface area contributed by atoms with E-state index in [1.54, 1.807) is 18.9 Å². The number of rotatable bonds is 8. The van der Waals surface area contributed by atoms with E-state index < -0.39 is 5.97 Å². The van der Waals surface area contributed by atoms with Crippen LogP contribution in [0.15, 0.2) is 46.9 Å². The predicted molar refractivity (Wildman–Crippen MR) is 104 cm³/mol. The Morgan fingerprint density at radius 3 is 2.61 bits per heavy atom. The van der Waals surface area contributed by atoms with E-state index in [1.807, 2.05) is 36.4 Å². The molecule has 1 amide bonds. The van der Waals surface area contributed by atoms with Gasteiger partial charge in [-0.15, -0.1) is 0 Å². The van der Waals surface area contributed by atoms with Crippen LogP contribution in [0.1, 0.15) is 45.7 Å². The van der Waals surface area contributed by atoms with Crippen molar-refractivity contribution in [1.29, 1.82) is 0 Å². The molecule has 0 fully saturated rings. The SMILES string of the molecule is CCc1oc(C(=O)N(C)CCCc2cc(-c3ccccc3)n[nH]2)cc1C(=O)O. The third kappa shape index (κ3) is 4.31. The van der Waals surface area contributed by atoms with Crippen LogP contribution in [0.4, 0.5) is 0 Å². The van der Waals surface area contributed by atoms with E-state index in [1.165, 1.54) is 6.07 Å². The van der Waals surface area contributed by atoms with Gasteiger partial charge in [0.1, 0.15) is 11.3 Å². The molecule has 7 nitrogen and oxygen atoms in total. The molecule has 2 N–H and O–H groups in total. The molecule has 0 atom stereocenters. The number of hydrogen-bond donors (Lipinski definition) is 2. The summed E-state index contributed by atoms with van der Waals surface area (Å²) in [7, 11) is 1.68. The lowest BCUT2D eigenvalue weighted by Crippen LogP contribution is -2.27. The van der Waals surface area contributed by atoms with Crippen LogP contribution in [0.3, 0.4) is 0 Å². The second-order valence-electron chi connectivity index (χ2n) is 6.58. The summed E-state index contributed by atoms with van der Waals surface area (Å²) < 4.78 is 5.44. The van der Waals surface area contributed by atoms with Crippen LogP contribution in [0.25, 0.3) is 11.3 Å². The highest BCUT2D eigenvalue weighted by Gasteiger charge is 2.22. The lowest BCUT2D eigenvalue weighted by molar-refractivity contribution is 0.0693. The summed E-state index contributed by atoms with van der Waals surface area (Å²) in [5, 5.41) is 16.5. The van der Waals surface area contributed by atoms with Gasteiger partial charge in [0.05, 0.1) is 5.69 Å². The highest BCUT2D eigenvalue weighted by Crippen LogP contribution is 2.19. The molecule has 1 aromatic carbocycles. The molecule has 7 heteroatoms. The van der Waals surface area contributed by atoms with E-state index in [4.69, 9.17) is 4.42 Å². The second-order valence-corrected chi connectivity index (χ2v) is 6.58. The lowest BCUT2D eigenvalue weighted by Gasteiger charge is -2.15. The molecule has 0 radical (unpaired) electrons. The molecule has 2 aromatic heterocycles. The Bertz CT molecular complexity index is 959. The maximum Gasteiger partial charge on any atom is 0.339 e. The molecule has 0 aliphatic carbocycles. The standard InChI is InChI=1S/C21H23N3O4/c1-3-18-16(21(26)27)13-19(28-18)20(25)24(2)11-7-10-15-12-17(23-22-15)14-8-5-4-6-9-14/h4-6,8-9,12-13H,3,7,10-11H2,1-2H3,(H,22,23)(H,26,27). The average Bonchev–Trinajstić information content (AvgIpc) is 3.35. The molecule has 0 aliphatic heterocycles. The van der Waals surface area contributed by atoms with Crippen molar-refractivity contribution in [3.63, 3.8) is 0 Å². The van der Waals surface area contributed by atoms with Gasteiger partial charge in [-0.05, 0) is 18.9 Å². The number of amides is 1. The minimum absolute atomic E-state index is 0.0464. The van der Waals surface area contributed by atoms with Crippen molar-refractivity contribution in [3.05, 3.63) is 65.2 Å². The molecule has 0 saturated heterocycles. The molecular formula is C21H23N3O4. The van der Waals surface area contributed by atoms with Crippen LogP contribution in [-0.2, 0) is 12.8 Å². The molecule has 0 unspecified atom stereocenters. The number of H-pyrrole nitrogens is 1. The first kappa shape index (κ1) is 19.4. The zero-order valence-corrected chi connectivity index (χ0v) is 15.9. The Hall–Kier alpha value is -3.35. The highest BCUT2D eigenvalue weighted by molar-refractivity contribution is 5.96. The van der Waals surface area contributed by atoms with Crippen molar-refractivity contribution < 1.29 is 19.1 Å². The topological polar surface area (TPSA) is 99.4 Å². The molecule has 28 heavy (non-hydrogen) atoms. The van der Waals surface area contributed by atoms with Crippen molar-refractivity contribution in [3.8, 4) is 11.3 Å². The van der Waals surface area contributed by atoms with Crippen molar-refractivity contribution in [2.75, 3.05) is 13.6 Å². The summed E-state index contributed by atoms with van der Waals surface area (Å²) in [5.41, 5.74) is 2.99. The summed E-state index contributed by atoms with van der Waals surface area (Å²) in [6.45, 7) is 2.31. The zero-order chi connectivity index (χ0) is 20.1. The Labute approximate surface area is 163 Å². The van der Waals surface area contributed by atoms with Crippen molar-refractivity contribution >= 4 is 11.9 Å². The average molecular weight is 381 g/mol. The predicted octanol–water partition coefficient (Wildman–Crippen LogP) is 3.64. The van der Waals surface area contributed by atoms with Gasteiger partial charge < -0.3 is 14.4 Å². The van der Waals surface area contributed by atoms with Crippen LogP contribution in [0, 0.1) is 0 Å². The number of benzene rings is 1. The number of hydrogen-bond acceptors (Lipinski definition) is 4. The summed E-state index contributed by atoms with van der Waals surface area (Å²) in [5.74, 6) is -1.03. The van der Waals surface area contributed by atoms with E-state index in [9.17, 15) is 14.7 Å². The number of aromatic amines is 1. The highest BCUT2D eigenvalue weighted by atomic mass is 16.4. The van der Waals surface area contributed by atoms with E-state index in [0.29, 0.717) is 18.7 Å². The van der Waals surface area contributed by atoms with Gasteiger partial charge in [-0.2, -0.15) is 5.10 Å². The van der Waals surface area contributed by atoms with Crippen LogP contribution in [0.2, 0.25) is 0 Å². The molecule has 146 valence electrons. The minimum Gasteiger partial charge on any atom is -0.478 e. The molecule has 3 rings (SSSR count). The number of nitrogens with one attached hydrogen (secondary N) is 1.